The summed E-state index contributed by atoms with van der Waals surface area (Å²) in [6.07, 6.45) is 3.16. The Morgan fingerprint density at radius 3 is 2.95 bits per heavy atom. The van der Waals surface area contributed by atoms with Crippen LogP contribution in [0.25, 0.3) is 11.2 Å². The Labute approximate surface area is 110 Å². The monoisotopic (exact) mass is 255 g/mol. The summed E-state index contributed by atoms with van der Waals surface area (Å²) in [5.74, 6) is -0.444. The number of imidazole rings is 1. The minimum Gasteiger partial charge on any atom is -0.396 e. The van der Waals surface area contributed by atoms with E-state index in [1.54, 1.807) is 6.33 Å². The minimum absolute atomic E-state index is 0.0474. The van der Waals surface area contributed by atoms with Crippen molar-refractivity contribution < 1.29 is 5.11 Å². The molecule has 0 aromatic carbocycles. The van der Waals surface area contributed by atoms with Crippen molar-refractivity contribution in [1.29, 1.82) is 5.26 Å². The van der Waals surface area contributed by atoms with E-state index in [-0.39, 0.29) is 24.5 Å². The van der Waals surface area contributed by atoms with Crippen molar-refractivity contribution in [3.8, 4) is 6.07 Å². The van der Waals surface area contributed by atoms with Gasteiger partial charge in [-0.1, -0.05) is 6.58 Å². The Hall–Kier alpha value is -2.26. The third-order valence-electron chi connectivity index (χ3n) is 3.82. The molecule has 96 valence electrons. The lowest BCUT2D eigenvalue weighted by molar-refractivity contribution is 0.138. The van der Waals surface area contributed by atoms with Crippen molar-refractivity contribution in [2.45, 2.75) is 13.0 Å². The SMILES string of the molecule is C=C1[C@@H](n2cnc3c(C)ncnc32)[C@H](C#N)[C@H]1CO. The van der Waals surface area contributed by atoms with Gasteiger partial charge in [0.2, 0.25) is 0 Å². The first-order valence-corrected chi connectivity index (χ1v) is 6.02. The Morgan fingerprint density at radius 1 is 1.47 bits per heavy atom. The summed E-state index contributed by atoms with van der Waals surface area (Å²) in [5, 5.41) is 18.5. The largest absolute Gasteiger partial charge is 0.396 e. The van der Waals surface area contributed by atoms with E-state index in [2.05, 4.69) is 27.6 Å². The molecule has 0 aliphatic heterocycles. The molecule has 3 rings (SSSR count). The molecule has 0 bridgehead atoms. The van der Waals surface area contributed by atoms with E-state index in [0.29, 0.717) is 5.65 Å². The van der Waals surface area contributed by atoms with Gasteiger partial charge in [0.15, 0.2) is 5.65 Å². The highest BCUT2D eigenvalue weighted by Crippen LogP contribution is 2.48. The molecule has 0 radical (unpaired) electrons. The van der Waals surface area contributed by atoms with Crippen molar-refractivity contribution in [3.63, 3.8) is 0 Å². The lowest BCUT2D eigenvalue weighted by atomic mass is 9.66. The highest BCUT2D eigenvalue weighted by molar-refractivity contribution is 5.73. The van der Waals surface area contributed by atoms with E-state index >= 15 is 0 Å². The van der Waals surface area contributed by atoms with Gasteiger partial charge >= 0.3 is 0 Å². The van der Waals surface area contributed by atoms with Crippen LogP contribution in [-0.4, -0.2) is 31.2 Å². The standard InChI is InChI=1S/C13H13N5O/c1-7-10(4-19)9(3-14)12(7)18-6-17-11-8(2)15-5-16-13(11)18/h5-6,9-10,12,19H,1,4H2,2H3/t9-,10+,12-/m1/s1. The van der Waals surface area contributed by atoms with Crippen LogP contribution in [0.1, 0.15) is 11.7 Å². The highest BCUT2D eigenvalue weighted by Gasteiger charge is 2.46. The molecule has 0 amide bonds. The smallest absolute Gasteiger partial charge is 0.164 e. The van der Waals surface area contributed by atoms with Crippen LogP contribution in [-0.2, 0) is 0 Å². The second kappa shape index (κ2) is 4.14. The summed E-state index contributed by atoms with van der Waals surface area (Å²) < 4.78 is 1.85. The number of aliphatic hydroxyl groups is 1. The first-order valence-electron chi connectivity index (χ1n) is 6.02. The van der Waals surface area contributed by atoms with Crippen LogP contribution in [0.5, 0.6) is 0 Å². The van der Waals surface area contributed by atoms with Crippen molar-refractivity contribution in [2.75, 3.05) is 6.61 Å². The molecule has 6 heteroatoms. The predicted octanol–water partition coefficient (Wildman–Crippen LogP) is 0.994. The molecule has 0 unspecified atom stereocenters. The second-order valence-corrected chi connectivity index (χ2v) is 4.75. The van der Waals surface area contributed by atoms with Crippen molar-refractivity contribution in [1.82, 2.24) is 19.5 Å². The van der Waals surface area contributed by atoms with Gasteiger partial charge in [0.1, 0.15) is 11.8 Å². The van der Waals surface area contributed by atoms with Gasteiger partial charge in [-0.2, -0.15) is 5.26 Å². The van der Waals surface area contributed by atoms with Crippen molar-refractivity contribution in [2.24, 2.45) is 11.8 Å². The molecule has 1 aliphatic rings. The summed E-state index contributed by atoms with van der Waals surface area (Å²) in [7, 11) is 0. The molecule has 1 saturated carbocycles. The molecule has 6 nitrogen and oxygen atoms in total. The fourth-order valence-electron chi connectivity index (χ4n) is 2.70. The quantitative estimate of drug-likeness (QED) is 0.808. The summed E-state index contributed by atoms with van der Waals surface area (Å²) in [6.45, 7) is 5.80. The van der Waals surface area contributed by atoms with Gasteiger partial charge in [-0.25, -0.2) is 15.0 Å². The van der Waals surface area contributed by atoms with E-state index in [0.717, 1.165) is 16.8 Å². The van der Waals surface area contributed by atoms with Gasteiger partial charge in [0, 0.05) is 5.92 Å². The number of nitriles is 1. The molecule has 2 heterocycles. The van der Waals surface area contributed by atoms with Crippen molar-refractivity contribution in [3.05, 3.63) is 30.5 Å². The zero-order valence-corrected chi connectivity index (χ0v) is 10.5. The van der Waals surface area contributed by atoms with Gasteiger partial charge in [-0.05, 0) is 12.5 Å². The first kappa shape index (κ1) is 11.8. The average Bonchev–Trinajstić information content (AvgIpc) is 2.81. The van der Waals surface area contributed by atoms with E-state index in [9.17, 15) is 10.4 Å². The lowest BCUT2D eigenvalue weighted by Gasteiger charge is -2.42. The number of aryl methyl sites for hydroxylation is 1. The molecule has 0 spiro atoms. The fourth-order valence-corrected chi connectivity index (χ4v) is 2.70. The Kier molecular flexibility index (Phi) is 2.57. The summed E-state index contributed by atoms with van der Waals surface area (Å²) in [6, 6.07) is 2.07. The molecule has 19 heavy (non-hydrogen) atoms. The maximum atomic E-state index is 9.27. The van der Waals surface area contributed by atoms with Crippen molar-refractivity contribution >= 4 is 11.2 Å². The van der Waals surface area contributed by atoms with Gasteiger partial charge in [0.25, 0.3) is 0 Å². The maximum Gasteiger partial charge on any atom is 0.164 e. The van der Waals surface area contributed by atoms with Crippen LogP contribution in [0.3, 0.4) is 0 Å². The maximum absolute atomic E-state index is 9.27. The molecule has 2 aromatic rings. The number of aromatic nitrogens is 4. The zero-order chi connectivity index (χ0) is 13.6. The van der Waals surface area contributed by atoms with E-state index in [1.165, 1.54) is 6.33 Å². The zero-order valence-electron chi connectivity index (χ0n) is 10.5. The lowest BCUT2D eigenvalue weighted by Crippen LogP contribution is -2.41. The van der Waals surface area contributed by atoms with E-state index in [1.807, 2.05) is 11.5 Å². The number of hydrogen-bond acceptors (Lipinski definition) is 5. The number of nitrogens with zero attached hydrogens (tertiary/aromatic N) is 5. The topological polar surface area (TPSA) is 87.6 Å². The van der Waals surface area contributed by atoms with Crippen LogP contribution in [0.2, 0.25) is 0 Å². The van der Waals surface area contributed by atoms with Crippen LogP contribution in [0.4, 0.5) is 0 Å². The highest BCUT2D eigenvalue weighted by atomic mass is 16.3. The molecule has 1 aliphatic carbocycles. The summed E-state index contributed by atoms with van der Waals surface area (Å²) >= 11 is 0. The molecule has 1 N–H and O–H groups in total. The Morgan fingerprint density at radius 2 is 2.26 bits per heavy atom. The molecular formula is C13H13N5O. The summed E-state index contributed by atoms with van der Waals surface area (Å²) in [4.78, 5) is 12.6. The average molecular weight is 255 g/mol. The first-order chi connectivity index (χ1) is 9.19. The molecule has 2 aromatic heterocycles. The number of aliphatic hydroxyl groups excluding tert-OH is 1. The normalized spacial score (nSPS) is 26.2. The molecule has 0 saturated heterocycles. The van der Waals surface area contributed by atoms with Crippen LogP contribution in [0, 0.1) is 30.1 Å². The number of hydrogen-bond donors (Lipinski definition) is 1. The van der Waals surface area contributed by atoms with Gasteiger partial charge in [-0.3, -0.25) is 0 Å². The molecular weight excluding hydrogens is 242 g/mol. The van der Waals surface area contributed by atoms with Gasteiger partial charge < -0.3 is 9.67 Å². The number of rotatable bonds is 2. The minimum atomic E-state index is -0.287. The van der Waals surface area contributed by atoms with Crippen LogP contribution in [0.15, 0.2) is 24.8 Å². The second-order valence-electron chi connectivity index (χ2n) is 4.75. The Bertz CT molecular complexity index is 699. The number of fused-ring (bicyclic) bond motifs is 1. The molecule has 3 atom stereocenters. The summed E-state index contributed by atoms with van der Waals surface area (Å²) in [5.41, 5.74) is 3.10. The van der Waals surface area contributed by atoms with E-state index < -0.39 is 0 Å². The fraction of sp³-hybridized carbons (Fsp3) is 0.385. The van der Waals surface area contributed by atoms with Crippen LogP contribution >= 0.6 is 0 Å². The van der Waals surface area contributed by atoms with E-state index in [4.69, 9.17) is 0 Å². The van der Waals surface area contributed by atoms with Gasteiger partial charge in [0.05, 0.1) is 36.7 Å². The third-order valence-corrected chi connectivity index (χ3v) is 3.82. The van der Waals surface area contributed by atoms with Gasteiger partial charge in [-0.15, -0.1) is 0 Å². The third kappa shape index (κ3) is 1.48. The van der Waals surface area contributed by atoms with Crippen LogP contribution < -0.4 is 0 Å². The predicted molar refractivity (Wildman–Crippen MR) is 67.9 cm³/mol. The molecule has 1 fully saturated rings. The Balaban J connectivity index is 2.09.